The fraction of sp³-hybridized carbons (Fsp3) is 0.579. The Bertz CT molecular complexity index is 674. The molecule has 2 aromatic heterocycles. The van der Waals surface area contributed by atoms with Crippen molar-refractivity contribution in [3.63, 3.8) is 0 Å². The van der Waals surface area contributed by atoms with Gasteiger partial charge < -0.3 is 9.84 Å². The summed E-state index contributed by atoms with van der Waals surface area (Å²) in [4.78, 5) is 21.0. The van der Waals surface area contributed by atoms with Gasteiger partial charge in [0, 0.05) is 24.5 Å². The van der Waals surface area contributed by atoms with Crippen molar-refractivity contribution in [1.29, 1.82) is 0 Å². The number of pyridine rings is 1. The van der Waals surface area contributed by atoms with Crippen LogP contribution in [-0.4, -0.2) is 21.0 Å². The quantitative estimate of drug-likeness (QED) is 0.830. The van der Waals surface area contributed by atoms with Crippen molar-refractivity contribution in [3.8, 4) is 0 Å². The van der Waals surface area contributed by atoms with Crippen LogP contribution < -0.4 is 5.32 Å². The lowest BCUT2D eigenvalue weighted by Crippen LogP contribution is -2.32. The van der Waals surface area contributed by atoms with Gasteiger partial charge >= 0.3 is 0 Å². The number of hydrogen-bond donors (Lipinski definition) is 1. The molecular weight excluding hydrogens is 316 g/mol. The lowest BCUT2D eigenvalue weighted by atomic mass is 9.96. The molecule has 136 valence electrons. The molecule has 0 aliphatic carbocycles. The minimum atomic E-state index is -0.133. The highest BCUT2D eigenvalue weighted by molar-refractivity contribution is 5.76. The van der Waals surface area contributed by atoms with Crippen LogP contribution in [0.15, 0.2) is 28.9 Å². The van der Waals surface area contributed by atoms with E-state index in [2.05, 4.69) is 34.3 Å². The minimum absolute atomic E-state index is 0.0138. The van der Waals surface area contributed by atoms with Gasteiger partial charge in [-0.1, -0.05) is 45.8 Å². The molecule has 6 nitrogen and oxygen atoms in total. The lowest BCUT2D eigenvalue weighted by molar-refractivity contribution is -0.122. The first-order chi connectivity index (χ1) is 11.8. The molecule has 2 aromatic rings. The topological polar surface area (TPSA) is 80.9 Å². The molecular formula is C19H28N4O2. The average Bonchev–Trinajstić information content (AvgIpc) is 3.02. The minimum Gasteiger partial charge on any atom is -0.347 e. The van der Waals surface area contributed by atoms with E-state index in [0.29, 0.717) is 31.0 Å². The van der Waals surface area contributed by atoms with Crippen molar-refractivity contribution in [2.45, 2.75) is 65.3 Å². The Balaban J connectivity index is 1.84. The molecule has 0 saturated heterocycles. The van der Waals surface area contributed by atoms with Crippen molar-refractivity contribution < 1.29 is 9.32 Å². The summed E-state index contributed by atoms with van der Waals surface area (Å²) in [6.07, 6.45) is 3.44. The molecule has 2 rings (SSSR count). The number of amides is 1. The largest absolute Gasteiger partial charge is 0.347 e. The van der Waals surface area contributed by atoms with Crippen LogP contribution in [0.1, 0.15) is 70.9 Å². The highest BCUT2D eigenvalue weighted by Gasteiger charge is 2.21. The van der Waals surface area contributed by atoms with Crippen LogP contribution in [0.4, 0.5) is 0 Å². The molecule has 1 atom stereocenters. The predicted octanol–water partition coefficient (Wildman–Crippen LogP) is 3.60. The van der Waals surface area contributed by atoms with E-state index in [1.165, 1.54) is 0 Å². The number of carbonyl (C=O) groups excluding carboxylic acids is 1. The number of nitrogens with one attached hydrogen (secondary N) is 1. The third-order valence-corrected chi connectivity index (χ3v) is 3.92. The Hall–Kier alpha value is -2.24. The summed E-state index contributed by atoms with van der Waals surface area (Å²) in [7, 11) is 0. The number of rotatable bonds is 7. The maximum Gasteiger partial charge on any atom is 0.226 e. The summed E-state index contributed by atoms with van der Waals surface area (Å²) in [5.74, 6) is 1.56. The van der Waals surface area contributed by atoms with Crippen LogP contribution in [0.25, 0.3) is 0 Å². The molecule has 0 unspecified atom stereocenters. The second kappa shape index (κ2) is 8.23. The van der Waals surface area contributed by atoms with Crippen LogP contribution in [0, 0.1) is 5.92 Å². The SMILES string of the molecule is CC(C)[C@@H](NC(=O)CCCc1nc(C(C)(C)C)no1)c1ccccn1. The fourth-order valence-electron chi connectivity index (χ4n) is 2.45. The second-order valence-corrected chi connectivity index (χ2v) is 7.66. The van der Waals surface area contributed by atoms with E-state index in [1.807, 2.05) is 39.0 Å². The number of aromatic nitrogens is 3. The van der Waals surface area contributed by atoms with Gasteiger partial charge in [-0.15, -0.1) is 0 Å². The lowest BCUT2D eigenvalue weighted by Gasteiger charge is -2.21. The van der Waals surface area contributed by atoms with Crippen molar-refractivity contribution >= 4 is 5.91 Å². The highest BCUT2D eigenvalue weighted by atomic mass is 16.5. The van der Waals surface area contributed by atoms with Crippen molar-refractivity contribution in [1.82, 2.24) is 20.4 Å². The maximum absolute atomic E-state index is 12.3. The molecule has 0 aliphatic heterocycles. The number of carbonyl (C=O) groups is 1. The molecule has 25 heavy (non-hydrogen) atoms. The van der Waals surface area contributed by atoms with Crippen molar-refractivity contribution in [2.24, 2.45) is 5.92 Å². The Labute approximate surface area is 149 Å². The van der Waals surface area contributed by atoms with Crippen molar-refractivity contribution in [3.05, 3.63) is 41.8 Å². The zero-order valence-corrected chi connectivity index (χ0v) is 15.7. The molecule has 0 bridgehead atoms. The van der Waals surface area contributed by atoms with Gasteiger partial charge in [-0.2, -0.15) is 4.98 Å². The Morgan fingerprint density at radius 2 is 2.04 bits per heavy atom. The van der Waals surface area contributed by atoms with Gasteiger partial charge in [0.2, 0.25) is 11.8 Å². The van der Waals surface area contributed by atoms with Gasteiger partial charge in [-0.25, -0.2) is 0 Å². The molecule has 6 heteroatoms. The molecule has 0 spiro atoms. The first-order valence-electron chi connectivity index (χ1n) is 8.80. The summed E-state index contributed by atoms with van der Waals surface area (Å²) in [5, 5.41) is 7.08. The van der Waals surface area contributed by atoms with Gasteiger partial charge in [0.05, 0.1) is 11.7 Å². The van der Waals surface area contributed by atoms with Gasteiger partial charge in [-0.3, -0.25) is 9.78 Å². The number of nitrogens with zero attached hydrogens (tertiary/aromatic N) is 3. The van der Waals surface area contributed by atoms with Crippen LogP contribution in [-0.2, 0) is 16.6 Å². The fourth-order valence-corrected chi connectivity index (χ4v) is 2.45. The van der Waals surface area contributed by atoms with E-state index in [-0.39, 0.29) is 23.3 Å². The van der Waals surface area contributed by atoms with Gasteiger partial charge in [-0.05, 0) is 24.5 Å². The highest BCUT2D eigenvalue weighted by Crippen LogP contribution is 2.20. The molecule has 1 amide bonds. The van der Waals surface area contributed by atoms with Gasteiger partial charge in [0.1, 0.15) is 0 Å². The monoisotopic (exact) mass is 344 g/mol. The van der Waals surface area contributed by atoms with E-state index in [0.717, 1.165) is 5.69 Å². The van der Waals surface area contributed by atoms with Crippen LogP contribution in [0.5, 0.6) is 0 Å². The second-order valence-electron chi connectivity index (χ2n) is 7.66. The zero-order valence-electron chi connectivity index (χ0n) is 15.7. The van der Waals surface area contributed by atoms with E-state index in [1.54, 1.807) is 6.20 Å². The third-order valence-electron chi connectivity index (χ3n) is 3.92. The van der Waals surface area contributed by atoms with E-state index in [4.69, 9.17) is 4.52 Å². The summed E-state index contributed by atoms with van der Waals surface area (Å²) in [5.41, 5.74) is 0.754. The average molecular weight is 344 g/mol. The summed E-state index contributed by atoms with van der Waals surface area (Å²) >= 11 is 0. The van der Waals surface area contributed by atoms with E-state index >= 15 is 0 Å². The normalized spacial score (nSPS) is 13.0. The predicted molar refractivity (Wildman–Crippen MR) is 95.9 cm³/mol. The number of aryl methyl sites for hydroxylation is 1. The van der Waals surface area contributed by atoms with Crippen molar-refractivity contribution in [2.75, 3.05) is 0 Å². The molecule has 2 heterocycles. The van der Waals surface area contributed by atoms with E-state index < -0.39 is 0 Å². The molecule has 0 aliphatic rings. The summed E-state index contributed by atoms with van der Waals surface area (Å²) in [6.45, 7) is 10.3. The zero-order chi connectivity index (χ0) is 18.4. The van der Waals surface area contributed by atoms with Crippen LogP contribution >= 0.6 is 0 Å². The van der Waals surface area contributed by atoms with E-state index in [9.17, 15) is 4.79 Å². The van der Waals surface area contributed by atoms with Gasteiger partial charge in [0.25, 0.3) is 0 Å². The number of hydrogen-bond acceptors (Lipinski definition) is 5. The molecule has 0 fully saturated rings. The van der Waals surface area contributed by atoms with Crippen LogP contribution in [0.3, 0.4) is 0 Å². The standard InChI is InChI=1S/C19H28N4O2/c1-13(2)17(14-9-6-7-12-20-14)21-15(24)10-8-11-16-22-18(23-25-16)19(3,4)5/h6-7,9,12-13,17H,8,10-11H2,1-5H3,(H,21,24)/t17-/m1/s1. The molecule has 0 aromatic carbocycles. The molecule has 1 N–H and O–H groups in total. The first-order valence-corrected chi connectivity index (χ1v) is 8.80. The first kappa shape index (κ1) is 19.1. The van der Waals surface area contributed by atoms with Gasteiger partial charge in [0.15, 0.2) is 5.82 Å². The summed E-state index contributed by atoms with van der Waals surface area (Å²) < 4.78 is 5.26. The molecule has 0 radical (unpaired) electrons. The third kappa shape index (κ3) is 5.66. The smallest absolute Gasteiger partial charge is 0.226 e. The van der Waals surface area contributed by atoms with Crippen LogP contribution in [0.2, 0.25) is 0 Å². The Morgan fingerprint density at radius 3 is 2.60 bits per heavy atom. The molecule has 0 saturated carbocycles. The maximum atomic E-state index is 12.3. The Morgan fingerprint density at radius 1 is 1.28 bits per heavy atom. The Kier molecular flexibility index (Phi) is 6.28. The summed E-state index contributed by atoms with van der Waals surface area (Å²) in [6, 6.07) is 5.67.